The second kappa shape index (κ2) is 5.37. The van der Waals surface area contributed by atoms with Crippen molar-refractivity contribution in [2.75, 3.05) is 5.43 Å². The summed E-state index contributed by atoms with van der Waals surface area (Å²) in [4.78, 5) is 0. The highest BCUT2D eigenvalue weighted by Gasteiger charge is 1.96. The predicted octanol–water partition coefficient (Wildman–Crippen LogP) is 2.86. The Balaban J connectivity index is 1.97. The van der Waals surface area contributed by atoms with Crippen molar-refractivity contribution < 1.29 is 4.74 Å². The molecule has 0 amide bonds. The maximum absolute atomic E-state index is 5.68. The lowest BCUT2D eigenvalue weighted by Gasteiger charge is -2.07. The highest BCUT2D eigenvalue weighted by molar-refractivity contribution is 5.45. The smallest absolute Gasteiger partial charge is 0.119 e. The number of rotatable bonds is 4. The molecule has 0 heterocycles. The third-order valence-electron chi connectivity index (χ3n) is 2.51. The molecule has 0 fully saturated rings. The summed E-state index contributed by atoms with van der Waals surface area (Å²) in [5, 5.41) is 0. The number of ether oxygens (including phenoxy) is 1. The van der Waals surface area contributed by atoms with Crippen molar-refractivity contribution in [3.63, 3.8) is 0 Å². The Morgan fingerprint density at radius 3 is 2.53 bits per heavy atom. The number of hydrogen-bond acceptors (Lipinski definition) is 3. The third-order valence-corrected chi connectivity index (χ3v) is 2.51. The summed E-state index contributed by atoms with van der Waals surface area (Å²) in [5.41, 5.74) is 5.86. The fourth-order valence-electron chi connectivity index (χ4n) is 1.62. The van der Waals surface area contributed by atoms with Gasteiger partial charge in [0.05, 0.1) is 0 Å². The molecule has 2 aromatic rings. The molecule has 2 aromatic carbocycles. The highest BCUT2D eigenvalue weighted by atomic mass is 16.5. The van der Waals surface area contributed by atoms with Gasteiger partial charge < -0.3 is 10.2 Å². The monoisotopic (exact) mass is 228 g/mol. The summed E-state index contributed by atoms with van der Waals surface area (Å²) in [5.74, 6) is 6.13. The van der Waals surface area contributed by atoms with Gasteiger partial charge in [0, 0.05) is 5.69 Å². The van der Waals surface area contributed by atoms with E-state index < -0.39 is 0 Å². The lowest BCUT2D eigenvalue weighted by molar-refractivity contribution is 0.306. The van der Waals surface area contributed by atoms with Crippen LogP contribution in [0.2, 0.25) is 0 Å². The second-order valence-corrected chi connectivity index (χ2v) is 3.95. The van der Waals surface area contributed by atoms with Crippen molar-refractivity contribution in [1.29, 1.82) is 0 Å². The fourth-order valence-corrected chi connectivity index (χ4v) is 1.62. The van der Waals surface area contributed by atoms with Crippen molar-refractivity contribution >= 4 is 5.69 Å². The molecule has 0 aromatic heterocycles. The topological polar surface area (TPSA) is 47.3 Å². The number of aryl methyl sites for hydroxylation is 1. The van der Waals surface area contributed by atoms with Gasteiger partial charge in [-0.1, -0.05) is 29.8 Å². The number of benzene rings is 2. The van der Waals surface area contributed by atoms with Gasteiger partial charge in [0.25, 0.3) is 0 Å². The quantitative estimate of drug-likeness (QED) is 0.625. The molecule has 3 N–H and O–H groups in total. The minimum atomic E-state index is 0.580. The molecule has 0 spiro atoms. The molecule has 3 nitrogen and oxygen atoms in total. The van der Waals surface area contributed by atoms with Gasteiger partial charge in [-0.15, -0.1) is 0 Å². The summed E-state index contributed by atoms with van der Waals surface area (Å²) < 4.78 is 5.68. The van der Waals surface area contributed by atoms with Crippen LogP contribution in [-0.4, -0.2) is 0 Å². The zero-order chi connectivity index (χ0) is 12.1. The van der Waals surface area contributed by atoms with Crippen LogP contribution in [0.5, 0.6) is 5.75 Å². The van der Waals surface area contributed by atoms with Crippen LogP contribution in [0.3, 0.4) is 0 Å². The summed E-state index contributed by atoms with van der Waals surface area (Å²) >= 11 is 0. The number of anilines is 1. The summed E-state index contributed by atoms with van der Waals surface area (Å²) in [6.07, 6.45) is 0. The van der Waals surface area contributed by atoms with Gasteiger partial charge in [0.2, 0.25) is 0 Å². The summed E-state index contributed by atoms with van der Waals surface area (Å²) in [7, 11) is 0. The third kappa shape index (κ3) is 3.23. The van der Waals surface area contributed by atoms with Crippen LogP contribution in [0.25, 0.3) is 0 Å². The Hall–Kier alpha value is -2.00. The van der Waals surface area contributed by atoms with Crippen LogP contribution in [0, 0.1) is 6.92 Å². The molecule has 88 valence electrons. The number of nitrogen functional groups attached to an aromatic ring is 1. The molecule has 0 unspecified atom stereocenters. The molecule has 0 aliphatic rings. The molecular formula is C14H16N2O. The second-order valence-electron chi connectivity index (χ2n) is 3.95. The molecular weight excluding hydrogens is 212 g/mol. The van der Waals surface area contributed by atoms with Crippen LogP contribution in [-0.2, 0) is 6.61 Å². The van der Waals surface area contributed by atoms with Gasteiger partial charge in [-0.25, -0.2) is 0 Å². The molecule has 0 radical (unpaired) electrons. The average Bonchev–Trinajstić information content (AvgIpc) is 2.37. The first-order chi connectivity index (χ1) is 8.28. The average molecular weight is 228 g/mol. The van der Waals surface area contributed by atoms with E-state index >= 15 is 0 Å². The number of nitrogens with two attached hydrogens (primary N) is 1. The fraction of sp³-hybridized carbons (Fsp3) is 0.143. The van der Waals surface area contributed by atoms with E-state index in [0.29, 0.717) is 6.61 Å². The zero-order valence-electron chi connectivity index (χ0n) is 9.81. The van der Waals surface area contributed by atoms with E-state index in [4.69, 9.17) is 10.6 Å². The SMILES string of the molecule is Cc1cccc(COc2ccc(NN)cc2)c1. The van der Waals surface area contributed by atoms with Gasteiger partial charge in [-0.3, -0.25) is 5.84 Å². The van der Waals surface area contributed by atoms with Crippen molar-refractivity contribution in [2.24, 2.45) is 5.84 Å². The molecule has 0 saturated heterocycles. The minimum absolute atomic E-state index is 0.580. The Kier molecular flexibility index (Phi) is 3.62. The Morgan fingerprint density at radius 1 is 1.12 bits per heavy atom. The molecule has 0 atom stereocenters. The van der Waals surface area contributed by atoms with Crippen LogP contribution in [0.4, 0.5) is 5.69 Å². The summed E-state index contributed by atoms with van der Waals surface area (Å²) in [6.45, 7) is 2.66. The van der Waals surface area contributed by atoms with Gasteiger partial charge >= 0.3 is 0 Å². The molecule has 0 bridgehead atoms. The van der Waals surface area contributed by atoms with Crippen molar-refractivity contribution in [3.8, 4) is 5.75 Å². The first kappa shape index (κ1) is 11.5. The van der Waals surface area contributed by atoms with Crippen molar-refractivity contribution in [1.82, 2.24) is 0 Å². The van der Waals surface area contributed by atoms with Crippen molar-refractivity contribution in [3.05, 3.63) is 59.7 Å². The van der Waals surface area contributed by atoms with E-state index in [-0.39, 0.29) is 0 Å². The minimum Gasteiger partial charge on any atom is -0.489 e. The largest absolute Gasteiger partial charge is 0.489 e. The lowest BCUT2D eigenvalue weighted by atomic mass is 10.1. The van der Waals surface area contributed by atoms with Gasteiger partial charge in [0.15, 0.2) is 0 Å². The summed E-state index contributed by atoms with van der Waals surface area (Å²) in [6, 6.07) is 15.8. The Labute approximate surface area is 101 Å². The van der Waals surface area contributed by atoms with Crippen LogP contribution < -0.4 is 16.0 Å². The van der Waals surface area contributed by atoms with E-state index in [0.717, 1.165) is 11.4 Å². The van der Waals surface area contributed by atoms with E-state index in [1.165, 1.54) is 11.1 Å². The van der Waals surface area contributed by atoms with Crippen LogP contribution >= 0.6 is 0 Å². The van der Waals surface area contributed by atoms with Gasteiger partial charge in [-0.2, -0.15) is 0 Å². The predicted molar refractivity (Wildman–Crippen MR) is 69.8 cm³/mol. The molecule has 0 saturated carbocycles. The highest BCUT2D eigenvalue weighted by Crippen LogP contribution is 2.16. The first-order valence-corrected chi connectivity index (χ1v) is 5.53. The number of hydrazine groups is 1. The van der Waals surface area contributed by atoms with E-state index in [1.807, 2.05) is 30.3 Å². The van der Waals surface area contributed by atoms with Crippen LogP contribution in [0.1, 0.15) is 11.1 Å². The Bertz CT molecular complexity index is 480. The van der Waals surface area contributed by atoms with Crippen LogP contribution in [0.15, 0.2) is 48.5 Å². The Morgan fingerprint density at radius 2 is 1.88 bits per heavy atom. The molecule has 0 aliphatic carbocycles. The number of hydrogen-bond donors (Lipinski definition) is 2. The first-order valence-electron chi connectivity index (χ1n) is 5.53. The van der Waals surface area contributed by atoms with E-state index in [1.54, 1.807) is 0 Å². The maximum atomic E-state index is 5.68. The number of nitrogens with one attached hydrogen (secondary N) is 1. The van der Waals surface area contributed by atoms with Gasteiger partial charge in [0.1, 0.15) is 12.4 Å². The maximum Gasteiger partial charge on any atom is 0.119 e. The van der Waals surface area contributed by atoms with E-state index in [9.17, 15) is 0 Å². The molecule has 0 aliphatic heterocycles. The lowest BCUT2D eigenvalue weighted by Crippen LogP contribution is -2.06. The van der Waals surface area contributed by atoms with Crippen molar-refractivity contribution in [2.45, 2.75) is 13.5 Å². The van der Waals surface area contributed by atoms with E-state index in [2.05, 4.69) is 30.5 Å². The zero-order valence-corrected chi connectivity index (χ0v) is 9.81. The molecule has 17 heavy (non-hydrogen) atoms. The molecule has 2 rings (SSSR count). The molecule has 3 heteroatoms. The standard InChI is InChI=1S/C14H16N2O/c1-11-3-2-4-12(9-11)10-17-14-7-5-13(16-15)6-8-14/h2-9,16H,10,15H2,1H3. The van der Waals surface area contributed by atoms with Gasteiger partial charge in [-0.05, 0) is 36.8 Å². The normalized spacial score (nSPS) is 10.0.